The van der Waals surface area contributed by atoms with Gasteiger partial charge in [0.1, 0.15) is 11.9 Å². The first-order valence-electron chi connectivity index (χ1n) is 26.6. The van der Waals surface area contributed by atoms with Crippen molar-refractivity contribution in [1.29, 1.82) is 0 Å². The van der Waals surface area contributed by atoms with E-state index in [4.69, 9.17) is 9.47 Å². The van der Waals surface area contributed by atoms with Gasteiger partial charge in [-0.3, -0.25) is 9.59 Å². The van der Waals surface area contributed by atoms with Crippen LogP contribution >= 0.6 is 0 Å². The Kier molecular flexibility index (Phi) is 11.0. The number of allylic oxidation sites excluding steroid dienone is 1. The zero-order chi connectivity index (χ0) is 47.2. The molecule has 2 aromatic heterocycles. The molecule has 5 heterocycles. The van der Waals surface area contributed by atoms with Gasteiger partial charge >= 0.3 is 0 Å². The van der Waals surface area contributed by atoms with Crippen LogP contribution in [-0.4, -0.2) is 80.2 Å². The Morgan fingerprint density at radius 2 is 1.66 bits per heavy atom. The topological polar surface area (TPSA) is 137 Å². The molecule has 1 aromatic carbocycles. The van der Waals surface area contributed by atoms with Crippen LogP contribution in [0.25, 0.3) is 11.0 Å². The third kappa shape index (κ3) is 6.76. The number of aryl methyl sites for hydroxylation is 2. The lowest BCUT2D eigenvalue weighted by Gasteiger charge is -2.70. The molecule has 67 heavy (non-hydrogen) atoms. The molecule has 4 saturated carbocycles. The van der Waals surface area contributed by atoms with Crippen molar-refractivity contribution in [3.8, 4) is 0 Å². The number of nitrogens with one attached hydrogen (secondary N) is 1. The molecule has 9 heteroatoms. The van der Waals surface area contributed by atoms with Crippen LogP contribution < -0.4 is 0 Å². The Balaban J connectivity index is 1.09. The summed E-state index contributed by atoms with van der Waals surface area (Å²) in [6.45, 7) is 20.1. The van der Waals surface area contributed by atoms with Gasteiger partial charge in [-0.15, -0.1) is 0 Å². The highest BCUT2D eigenvalue weighted by atomic mass is 16.6. The van der Waals surface area contributed by atoms with Crippen molar-refractivity contribution in [3.63, 3.8) is 0 Å². The van der Waals surface area contributed by atoms with E-state index >= 15 is 4.79 Å². The summed E-state index contributed by atoms with van der Waals surface area (Å²) in [5, 5.41) is 37.0. The monoisotopic (exact) mass is 917 g/mol. The van der Waals surface area contributed by atoms with E-state index in [1.165, 1.54) is 40.7 Å². The number of benzene rings is 1. The van der Waals surface area contributed by atoms with E-state index in [1.807, 2.05) is 13.8 Å². The van der Waals surface area contributed by atoms with Crippen molar-refractivity contribution < 1.29 is 34.4 Å². The fourth-order valence-corrected chi connectivity index (χ4v) is 18.0. The number of carbonyl (C=O) groups is 2. The fraction of sp³-hybridized carbons (Fsp3) is 0.724. The summed E-state index contributed by atoms with van der Waals surface area (Å²) >= 11 is 0. The van der Waals surface area contributed by atoms with Gasteiger partial charge in [-0.2, -0.15) is 0 Å². The minimum absolute atomic E-state index is 0.00276. The van der Waals surface area contributed by atoms with Gasteiger partial charge < -0.3 is 34.3 Å². The number of H-pyrrole nitrogens is 1. The number of hydrogen-bond acceptors (Lipinski definition) is 7. The highest BCUT2D eigenvalue weighted by Crippen LogP contribution is 2.76. The number of ether oxygens (including phenoxy) is 2. The highest BCUT2D eigenvalue weighted by molar-refractivity contribution is 6.02. The molecule has 11 unspecified atom stereocenters. The average molecular weight is 917 g/mol. The van der Waals surface area contributed by atoms with E-state index in [0.717, 1.165) is 86.0 Å². The van der Waals surface area contributed by atoms with Crippen LogP contribution in [0.5, 0.6) is 0 Å². The van der Waals surface area contributed by atoms with Gasteiger partial charge in [0.05, 0.1) is 28.8 Å². The van der Waals surface area contributed by atoms with E-state index < -0.39 is 39.5 Å². The quantitative estimate of drug-likeness (QED) is 0.157. The lowest BCUT2D eigenvalue weighted by Crippen LogP contribution is -2.68. The first-order chi connectivity index (χ1) is 31.8. The van der Waals surface area contributed by atoms with Crippen LogP contribution in [0.1, 0.15) is 171 Å². The van der Waals surface area contributed by atoms with Crippen molar-refractivity contribution >= 4 is 22.6 Å². The zero-order valence-electron chi connectivity index (χ0n) is 42.0. The van der Waals surface area contributed by atoms with E-state index in [1.54, 1.807) is 0 Å². The summed E-state index contributed by atoms with van der Waals surface area (Å²) in [4.78, 5) is 33.8. The first-order valence-corrected chi connectivity index (χ1v) is 26.6. The standard InChI is InChI=1S/C58H80N2O7/c1-33-25-34(27-37(26-33)35-17-23-66-24-18-35)28-39-41(16-22-61)60-32-40-46-47(54(4,29-43(63)52-53(2,3)67-52)19-13-36-31-59-48(39)49(36)60)42(62)30-57(46,7)56(6)21-14-44-55(5,51(56)50(40)65)20-15-45(64)58(44,8)38-11-9-10-12-38/h25-27,31,35,38,40,43-44,50-52,59,61,63,65H,9-24,28-30,32H2,1-8H3. The molecule has 0 spiro atoms. The molecule has 364 valence electrons. The SMILES string of the molecule is Cc1cc(Cc2c(CCO)n3c4c(c[nH]c24)CCC(C)(CC(O)C2OC2(C)C)C2=C4C(C3)C(O)C3C5(C)CCC(=O)C(C)(C6CCCC6)C5CCC3(C)C4(C)CC2=O)cc(C2CCOCC2)c1. The third-order valence-corrected chi connectivity index (χ3v) is 21.4. The molecule has 11 atom stereocenters. The van der Waals surface area contributed by atoms with Crippen LogP contribution in [0.2, 0.25) is 0 Å². The zero-order valence-corrected chi connectivity index (χ0v) is 42.0. The Morgan fingerprint density at radius 1 is 0.925 bits per heavy atom. The maximum Gasteiger partial charge on any atom is 0.160 e. The van der Waals surface area contributed by atoms with Gasteiger partial charge in [0, 0.05) is 91.8 Å². The van der Waals surface area contributed by atoms with Gasteiger partial charge in [0.15, 0.2) is 5.78 Å². The number of ketones is 2. The van der Waals surface area contributed by atoms with Crippen LogP contribution in [0.15, 0.2) is 35.5 Å². The number of nitrogens with zero attached hydrogens (tertiary/aromatic N) is 1. The number of aromatic amines is 1. The summed E-state index contributed by atoms with van der Waals surface area (Å²) in [5.74, 6) is 1.10. The number of aliphatic hydroxyl groups excluding tert-OH is 3. The Labute approximate surface area is 399 Å². The summed E-state index contributed by atoms with van der Waals surface area (Å²) in [7, 11) is 0. The fourth-order valence-electron chi connectivity index (χ4n) is 18.0. The van der Waals surface area contributed by atoms with Gasteiger partial charge in [0.2, 0.25) is 0 Å². The summed E-state index contributed by atoms with van der Waals surface area (Å²) in [5.41, 5.74) is 8.82. The molecule has 0 radical (unpaired) electrons. The van der Waals surface area contributed by atoms with E-state index in [9.17, 15) is 20.1 Å². The molecule has 0 amide bonds. The maximum atomic E-state index is 15.5. The number of rotatable bonds is 9. The number of aliphatic hydroxyl groups is 3. The van der Waals surface area contributed by atoms with Crippen molar-refractivity contribution in [2.75, 3.05) is 19.8 Å². The third-order valence-electron chi connectivity index (χ3n) is 21.4. The molecule has 5 aliphatic carbocycles. The maximum absolute atomic E-state index is 15.5. The summed E-state index contributed by atoms with van der Waals surface area (Å²) in [6, 6.07) is 7.07. The average Bonchev–Trinajstić information content (AvgIpc) is 3.80. The predicted molar refractivity (Wildman–Crippen MR) is 261 cm³/mol. The van der Waals surface area contributed by atoms with Crippen LogP contribution in [0, 0.1) is 57.7 Å². The number of epoxide rings is 1. The van der Waals surface area contributed by atoms with E-state index in [-0.39, 0.29) is 41.7 Å². The summed E-state index contributed by atoms with van der Waals surface area (Å²) < 4.78 is 14.3. The van der Waals surface area contributed by atoms with Gasteiger partial charge in [0.25, 0.3) is 0 Å². The molecule has 8 aliphatic rings. The molecule has 4 N–H and O–H groups in total. The largest absolute Gasteiger partial charge is 0.396 e. The molecule has 3 aromatic rings. The molecule has 2 saturated heterocycles. The van der Waals surface area contributed by atoms with E-state index in [0.29, 0.717) is 69.1 Å². The molecule has 9 nitrogen and oxygen atoms in total. The molecule has 11 rings (SSSR count). The van der Waals surface area contributed by atoms with Crippen LogP contribution in [-0.2, 0) is 44.9 Å². The predicted octanol–water partition coefficient (Wildman–Crippen LogP) is 10.0. The van der Waals surface area contributed by atoms with Gasteiger partial charge in [-0.05, 0) is 147 Å². The number of carbonyl (C=O) groups excluding carboxylic acids is 2. The lowest BCUT2D eigenvalue weighted by atomic mass is 9.33. The second-order valence-corrected chi connectivity index (χ2v) is 25.3. The van der Waals surface area contributed by atoms with Crippen molar-refractivity contribution in [1.82, 2.24) is 9.55 Å². The number of aromatic nitrogens is 2. The first kappa shape index (κ1) is 46.3. The number of Topliss-reactive ketones (excluding diaryl/α,β-unsaturated/α-hetero) is 2. The van der Waals surface area contributed by atoms with Crippen LogP contribution in [0.3, 0.4) is 0 Å². The van der Waals surface area contributed by atoms with Gasteiger partial charge in [-0.1, -0.05) is 71.2 Å². The Morgan fingerprint density at radius 3 is 2.36 bits per heavy atom. The van der Waals surface area contributed by atoms with Gasteiger partial charge in [-0.25, -0.2) is 0 Å². The summed E-state index contributed by atoms with van der Waals surface area (Å²) in [6.07, 6.45) is 13.5. The minimum Gasteiger partial charge on any atom is -0.396 e. The Hall–Kier alpha value is -3.08. The molecule has 6 fully saturated rings. The second kappa shape index (κ2) is 16.0. The molecular formula is C58H80N2O7. The minimum atomic E-state index is -0.772. The molecule has 3 aliphatic heterocycles. The normalized spacial score (nSPS) is 39.1. The van der Waals surface area contributed by atoms with E-state index in [2.05, 4.69) is 75.5 Å². The van der Waals surface area contributed by atoms with Crippen molar-refractivity contribution in [2.45, 2.75) is 194 Å². The number of fused-ring (bicyclic) bond motifs is 4. The lowest BCUT2D eigenvalue weighted by molar-refractivity contribution is -0.227. The van der Waals surface area contributed by atoms with Crippen molar-refractivity contribution in [3.05, 3.63) is 69.1 Å². The van der Waals surface area contributed by atoms with Crippen molar-refractivity contribution in [2.24, 2.45) is 50.7 Å². The smallest absolute Gasteiger partial charge is 0.160 e. The molecular weight excluding hydrogens is 837 g/mol. The number of hydrogen-bond donors (Lipinski definition) is 4. The second-order valence-electron chi connectivity index (χ2n) is 25.3. The highest BCUT2D eigenvalue weighted by Gasteiger charge is 2.73. The van der Waals surface area contributed by atoms with Crippen LogP contribution in [0.4, 0.5) is 0 Å². The Bertz CT molecular complexity index is 2520. The molecule has 0 bridgehead atoms.